The number of aliphatic hydroxyl groups is 1. The maximum absolute atomic E-state index is 8.81. The van der Waals surface area contributed by atoms with Crippen molar-refractivity contribution in [2.45, 2.75) is 19.3 Å². The third-order valence-corrected chi connectivity index (χ3v) is 2.09. The third kappa shape index (κ3) is 3.96. The van der Waals surface area contributed by atoms with Crippen molar-refractivity contribution in [1.82, 2.24) is 4.98 Å². The molecule has 1 rings (SSSR count). The lowest BCUT2D eigenvalue weighted by Gasteiger charge is -2.06. The van der Waals surface area contributed by atoms with Gasteiger partial charge in [0.1, 0.15) is 6.07 Å². The average molecular weight is 205 g/mol. The van der Waals surface area contributed by atoms with Crippen LogP contribution in [0.15, 0.2) is 18.5 Å². The van der Waals surface area contributed by atoms with E-state index in [1.165, 1.54) is 0 Å². The Morgan fingerprint density at radius 2 is 2.27 bits per heavy atom. The number of rotatable bonds is 6. The van der Waals surface area contributed by atoms with E-state index in [4.69, 9.17) is 10.4 Å². The summed E-state index contributed by atoms with van der Waals surface area (Å²) in [5.74, 6) is 0. The van der Waals surface area contributed by atoms with E-state index >= 15 is 0 Å². The number of aromatic nitrogens is 1. The van der Waals surface area contributed by atoms with Crippen molar-refractivity contribution >= 4 is 5.69 Å². The molecule has 15 heavy (non-hydrogen) atoms. The van der Waals surface area contributed by atoms with E-state index in [0.29, 0.717) is 5.56 Å². The summed E-state index contributed by atoms with van der Waals surface area (Å²) < 4.78 is 0. The van der Waals surface area contributed by atoms with Crippen LogP contribution in [0, 0.1) is 11.3 Å². The molecule has 0 aliphatic rings. The van der Waals surface area contributed by atoms with Crippen molar-refractivity contribution in [1.29, 1.82) is 5.26 Å². The summed E-state index contributed by atoms with van der Waals surface area (Å²) in [5, 5.41) is 20.6. The highest BCUT2D eigenvalue weighted by molar-refractivity contribution is 5.55. The van der Waals surface area contributed by atoms with Crippen molar-refractivity contribution in [3.63, 3.8) is 0 Å². The number of aliphatic hydroxyl groups excluding tert-OH is 1. The highest BCUT2D eigenvalue weighted by Gasteiger charge is 1.99. The molecule has 0 aromatic carbocycles. The van der Waals surface area contributed by atoms with E-state index in [0.717, 1.165) is 31.5 Å². The minimum Gasteiger partial charge on any atom is -0.396 e. The molecule has 0 unspecified atom stereocenters. The van der Waals surface area contributed by atoms with Gasteiger partial charge < -0.3 is 10.4 Å². The third-order valence-electron chi connectivity index (χ3n) is 2.09. The first kappa shape index (κ1) is 11.5. The van der Waals surface area contributed by atoms with Crippen LogP contribution in [0.1, 0.15) is 24.8 Å². The summed E-state index contributed by atoms with van der Waals surface area (Å²) in [6.07, 6.45) is 6.08. The van der Waals surface area contributed by atoms with Crippen LogP contribution in [0.3, 0.4) is 0 Å². The van der Waals surface area contributed by atoms with Gasteiger partial charge in [-0.05, 0) is 25.3 Å². The van der Waals surface area contributed by atoms with Gasteiger partial charge in [0.25, 0.3) is 0 Å². The number of nitrogens with one attached hydrogen (secondary N) is 1. The monoisotopic (exact) mass is 205 g/mol. The van der Waals surface area contributed by atoms with Gasteiger partial charge in [0.15, 0.2) is 0 Å². The standard InChI is InChI=1S/C11H15N3O/c12-8-10-4-6-13-9-11(10)14-5-2-1-3-7-15/h4,6,9,14-15H,1-3,5,7H2. The molecule has 0 radical (unpaired) electrons. The molecule has 0 bridgehead atoms. The Kier molecular flexibility index (Phi) is 5.20. The van der Waals surface area contributed by atoms with E-state index in [1.54, 1.807) is 18.5 Å². The Labute approximate surface area is 89.6 Å². The number of pyridine rings is 1. The summed E-state index contributed by atoms with van der Waals surface area (Å²) in [6, 6.07) is 3.80. The summed E-state index contributed by atoms with van der Waals surface area (Å²) in [5.41, 5.74) is 1.40. The number of nitriles is 1. The molecule has 2 N–H and O–H groups in total. The molecule has 1 aromatic heterocycles. The molecule has 0 aliphatic carbocycles. The van der Waals surface area contributed by atoms with E-state index in [-0.39, 0.29) is 6.61 Å². The maximum atomic E-state index is 8.81. The van der Waals surface area contributed by atoms with Gasteiger partial charge in [-0.15, -0.1) is 0 Å². The lowest BCUT2D eigenvalue weighted by atomic mass is 10.2. The number of hydrogen-bond donors (Lipinski definition) is 2. The molecule has 0 aliphatic heterocycles. The molecule has 80 valence electrons. The zero-order valence-electron chi connectivity index (χ0n) is 8.61. The molecule has 0 saturated carbocycles. The molecular weight excluding hydrogens is 190 g/mol. The Balaban J connectivity index is 2.34. The first-order valence-electron chi connectivity index (χ1n) is 5.07. The minimum atomic E-state index is 0.246. The van der Waals surface area contributed by atoms with Crippen LogP contribution in [0.25, 0.3) is 0 Å². The molecular formula is C11H15N3O. The molecule has 0 atom stereocenters. The predicted molar refractivity (Wildman–Crippen MR) is 58.4 cm³/mol. The summed E-state index contributed by atoms with van der Waals surface area (Å²) in [7, 11) is 0. The van der Waals surface area contributed by atoms with Crippen molar-refractivity contribution in [3.8, 4) is 6.07 Å². The minimum absolute atomic E-state index is 0.246. The Morgan fingerprint density at radius 3 is 3.00 bits per heavy atom. The van der Waals surface area contributed by atoms with Gasteiger partial charge in [0, 0.05) is 19.3 Å². The van der Waals surface area contributed by atoms with Gasteiger partial charge in [-0.2, -0.15) is 5.26 Å². The average Bonchev–Trinajstić information content (AvgIpc) is 2.29. The molecule has 4 heteroatoms. The van der Waals surface area contributed by atoms with Gasteiger partial charge in [0.2, 0.25) is 0 Å². The second-order valence-corrected chi connectivity index (χ2v) is 3.24. The van der Waals surface area contributed by atoms with E-state index in [1.807, 2.05) is 0 Å². The lowest BCUT2D eigenvalue weighted by molar-refractivity contribution is 0.283. The molecule has 0 fully saturated rings. The summed E-state index contributed by atoms with van der Waals surface area (Å²) in [6.45, 7) is 1.05. The van der Waals surface area contributed by atoms with Crippen LogP contribution in [0.4, 0.5) is 5.69 Å². The van der Waals surface area contributed by atoms with E-state index in [9.17, 15) is 0 Å². The fourth-order valence-electron chi connectivity index (χ4n) is 1.27. The highest BCUT2D eigenvalue weighted by Crippen LogP contribution is 2.11. The summed E-state index contributed by atoms with van der Waals surface area (Å²) in [4.78, 5) is 3.95. The van der Waals surface area contributed by atoms with Gasteiger partial charge in [0.05, 0.1) is 17.4 Å². The fourth-order valence-corrected chi connectivity index (χ4v) is 1.27. The zero-order chi connectivity index (χ0) is 10.9. The van der Waals surface area contributed by atoms with Crippen LogP contribution >= 0.6 is 0 Å². The Bertz CT molecular complexity index is 333. The second-order valence-electron chi connectivity index (χ2n) is 3.24. The molecule has 0 amide bonds. The quantitative estimate of drug-likeness (QED) is 0.691. The molecule has 1 aromatic rings. The predicted octanol–water partition coefficient (Wildman–Crippen LogP) is 1.53. The molecule has 0 saturated heterocycles. The molecule has 4 nitrogen and oxygen atoms in total. The Morgan fingerprint density at radius 1 is 1.40 bits per heavy atom. The van der Waals surface area contributed by atoms with Crippen molar-refractivity contribution in [3.05, 3.63) is 24.0 Å². The second kappa shape index (κ2) is 6.80. The zero-order valence-corrected chi connectivity index (χ0v) is 8.61. The van der Waals surface area contributed by atoms with Crippen LogP contribution in [0.5, 0.6) is 0 Å². The van der Waals surface area contributed by atoms with Crippen LogP contribution in [-0.2, 0) is 0 Å². The Hall–Kier alpha value is -1.60. The maximum Gasteiger partial charge on any atom is 0.101 e. The lowest BCUT2D eigenvalue weighted by Crippen LogP contribution is -2.03. The highest BCUT2D eigenvalue weighted by atomic mass is 16.2. The van der Waals surface area contributed by atoms with Crippen LogP contribution in [-0.4, -0.2) is 23.2 Å². The molecule has 0 spiro atoms. The van der Waals surface area contributed by atoms with E-state index < -0.39 is 0 Å². The van der Waals surface area contributed by atoms with Crippen molar-refractivity contribution < 1.29 is 5.11 Å². The number of nitrogens with zero attached hydrogens (tertiary/aromatic N) is 2. The normalized spacial score (nSPS) is 9.60. The topological polar surface area (TPSA) is 68.9 Å². The van der Waals surface area contributed by atoms with Gasteiger partial charge in [-0.25, -0.2) is 0 Å². The number of anilines is 1. The van der Waals surface area contributed by atoms with Gasteiger partial charge in [-0.1, -0.05) is 0 Å². The van der Waals surface area contributed by atoms with Crippen molar-refractivity contribution in [2.75, 3.05) is 18.5 Å². The van der Waals surface area contributed by atoms with Gasteiger partial charge >= 0.3 is 0 Å². The van der Waals surface area contributed by atoms with Crippen molar-refractivity contribution in [2.24, 2.45) is 0 Å². The smallest absolute Gasteiger partial charge is 0.101 e. The first-order valence-corrected chi connectivity index (χ1v) is 5.07. The SMILES string of the molecule is N#Cc1ccncc1NCCCCCO. The number of unbranched alkanes of at least 4 members (excludes halogenated alkanes) is 2. The summed E-state index contributed by atoms with van der Waals surface area (Å²) >= 11 is 0. The first-order chi connectivity index (χ1) is 7.38. The number of hydrogen-bond acceptors (Lipinski definition) is 4. The van der Waals surface area contributed by atoms with E-state index in [2.05, 4.69) is 16.4 Å². The molecule has 1 heterocycles. The van der Waals surface area contributed by atoms with Gasteiger partial charge in [-0.3, -0.25) is 4.98 Å². The largest absolute Gasteiger partial charge is 0.396 e. The van der Waals surface area contributed by atoms with Crippen LogP contribution in [0.2, 0.25) is 0 Å². The fraction of sp³-hybridized carbons (Fsp3) is 0.455. The van der Waals surface area contributed by atoms with Crippen LogP contribution < -0.4 is 5.32 Å².